The van der Waals surface area contributed by atoms with Crippen LogP contribution in [0.5, 0.6) is 0 Å². The molecule has 29 heavy (non-hydrogen) atoms. The lowest BCUT2D eigenvalue weighted by Crippen LogP contribution is -2.38. The Morgan fingerprint density at radius 2 is 1.72 bits per heavy atom. The second-order valence-electron chi connectivity index (χ2n) is 6.56. The summed E-state index contributed by atoms with van der Waals surface area (Å²) in [5, 5.41) is 0. The van der Waals surface area contributed by atoms with Gasteiger partial charge in [-0.15, -0.1) is 0 Å². The fourth-order valence-corrected chi connectivity index (χ4v) is 3.80. The van der Waals surface area contributed by atoms with E-state index in [4.69, 9.17) is 4.74 Å². The number of benzene rings is 2. The SMILES string of the molecule is CCOC(=O)C(=[N+]=[N-])C(NS(=O)(=O)c1ccc(C)cc1)c1ccc(N(C)C)cc1. The second-order valence-corrected chi connectivity index (χ2v) is 8.27. The largest absolute Gasteiger partial charge is 0.457 e. The van der Waals surface area contributed by atoms with Crippen molar-refractivity contribution in [2.24, 2.45) is 0 Å². The molecular formula is C20H24N4O4S. The molecule has 1 unspecified atom stereocenters. The van der Waals surface area contributed by atoms with Crippen molar-refractivity contribution in [1.82, 2.24) is 4.72 Å². The molecule has 2 rings (SSSR count). The minimum absolute atomic E-state index is 0.0270. The normalized spacial score (nSPS) is 12.0. The van der Waals surface area contributed by atoms with Gasteiger partial charge in [-0.1, -0.05) is 29.8 Å². The van der Waals surface area contributed by atoms with E-state index in [0.29, 0.717) is 5.56 Å². The molecule has 0 heterocycles. The minimum atomic E-state index is -4.01. The van der Waals surface area contributed by atoms with Gasteiger partial charge in [0.2, 0.25) is 10.0 Å². The molecule has 0 aliphatic heterocycles. The molecule has 2 aromatic carbocycles. The first kappa shape index (κ1) is 22.3. The molecule has 0 saturated heterocycles. The molecule has 0 amide bonds. The molecule has 9 heteroatoms. The maximum absolute atomic E-state index is 12.9. The van der Waals surface area contributed by atoms with E-state index in [-0.39, 0.29) is 11.5 Å². The van der Waals surface area contributed by atoms with Crippen LogP contribution < -0.4 is 9.62 Å². The zero-order chi connectivity index (χ0) is 21.6. The Balaban J connectivity index is 2.50. The lowest BCUT2D eigenvalue weighted by atomic mass is 10.0. The summed E-state index contributed by atoms with van der Waals surface area (Å²) in [5.74, 6) is -0.914. The lowest BCUT2D eigenvalue weighted by molar-refractivity contribution is -0.140. The maximum Gasteiger partial charge on any atom is 0.419 e. The van der Waals surface area contributed by atoms with E-state index in [1.165, 1.54) is 12.1 Å². The number of carbonyl (C=O) groups excluding carboxylic acids is 1. The van der Waals surface area contributed by atoms with Crippen molar-refractivity contribution in [1.29, 1.82) is 0 Å². The Morgan fingerprint density at radius 1 is 1.14 bits per heavy atom. The van der Waals surface area contributed by atoms with Crippen molar-refractivity contribution in [2.75, 3.05) is 25.6 Å². The summed E-state index contributed by atoms with van der Waals surface area (Å²) in [7, 11) is -0.281. The van der Waals surface area contributed by atoms with Crippen LogP contribution in [-0.4, -0.2) is 45.6 Å². The minimum Gasteiger partial charge on any atom is -0.457 e. The van der Waals surface area contributed by atoms with Crippen molar-refractivity contribution in [2.45, 2.75) is 24.8 Å². The molecule has 0 aliphatic carbocycles. The third kappa shape index (κ3) is 5.51. The number of hydrogen-bond donors (Lipinski definition) is 1. The Labute approximate surface area is 170 Å². The summed E-state index contributed by atoms with van der Waals surface area (Å²) in [6.45, 7) is 3.50. The summed E-state index contributed by atoms with van der Waals surface area (Å²) in [5.41, 5.74) is 11.2. The van der Waals surface area contributed by atoms with Gasteiger partial charge in [0.25, 0.3) is 0 Å². The molecule has 0 spiro atoms. The number of anilines is 1. The summed E-state index contributed by atoms with van der Waals surface area (Å²) in [6, 6.07) is 11.9. The first-order chi connectivity index (χ1) is 13.7. The van der Waals surface area contributed by atoms with Gasteiger partial charge >= 0.3 is 11.7 Å². The van der Waals surface area contributed by atoms with E-state index in [9.17, 15) is 18.7 Å². The van der Waals surface area contributed by atoms with Crippen molar-refractivity contribution in [3.8, 4) is 0 Å². The summed E-state index contributed by atoms with van der Waals surface area (Å²) in [4.78, 5) is 17.2. The van der Waals surface area contributed by atoms with Crippen molar-refractivity contribution < 1.29 is 22.7 Å². The Bertz CT molecular complexity index is 1010. The van der Waals surface area contributed by atoms with E-state index >= 15 is 0 Å². The number of ether oxygens (including phenoxy) is 1. The van der Waals surface area contributed by atoms with Crippen LogP contribution in [0.3, 0.4) is 0 Å². The van der Waals surface area contributed by atoms with Crippen LogP contribution in [0.2, 0.25) is 0 Å². The number of nitrogens with one attached hydrogen (secondary N) is 1. The van der Waals surface area contributed by atoms with Crippen LogP contribution in [-0.2, 0) is 19.6 Å². The third-order valence-corrected chi connectivity index (χ3v) is 5.65. The zero-order valence-electron chi connectivity index (χ0n) is 16.8. The lowest BCUT2D eigenvalue weighted by Gasteiger charge is -2.17. The summed E-state index contributed by atoms with van der Waals surface area (Å²) >= 11 is 0. The van der Waals surface area contributed by atoms with Gasteiger partial charge in [-0.3, -0.25) is 0 Å². The Kier molecular flexibility index (Phi) is 7.28. The first-order valence-electron chi connectivity index (χ1n) is 8.95. The molecular weight excluding hydrogens is 392 g/mol. The number of rotatable bonds is 8. The molecule has 154 valence electrons. The highest BCUT2D eigenvalue weighted by atomic mass is 32.2. The van der Waals surface area contributed by atoms with Gasteiger partial charge < -0.3 is 15.2 Å². The fraction of sp³-hybridized carbons (Fsp3) is 0.300. The van der Waals surface area contributed by atoms with Gasteiger partial charge in [0.05, 0.1) is 11.5 Å². The molecule has 8 nitrogen and oxygen atoms in total. The topological polar surface area (TPSA) is 112 Å². The second kappa shape index (κ2) is 9.47. The standard InChI is InChI=1S/C20H24N4O4S/c1-5-28-20(25)19(22-21)18(15-8-10-16(11-9-15)24(3)4)23-29(26,27)17-12-6-14(2)7-13-17/h6-13,18,23H,5H2,1-4H3. The molecule has 1 N–H and O–H groups in total. The van der Waals surface area contributed by atoms with Crippen LogP contribution in [0.1, 0.15) is 24.1 Å². The predicted molar refractivity (Wildman–Crippen MR) is 110 cm³/mol. The first-order valence-corrected chi connectivity index (χ1v) is 10.4. The smallest absolute Gasteiger partial charge is 0.419 e. The summed E-state index contributed by atoms with van der Waals surface area (Å²) < 4.78 is 33.2. The van der Waals surface area contributed by atoms with Gasteiger partial charge in [-0.05, 0) is 43.7 Å². The van der Waals surface area contributed by atoms with Gasteiger partial charge in [-0.25, -0.2) is 13.2 Å². The highest BCUT2D eigenvalue weighted by Gasteiger charge is 2.37. The molecule has 0 bridgehead atoms. The molecule has 2 aromatic rings. The van der Waals surface area contributed by atoms with Crippen LogP contribution in [0, 0.1) is 6.92 Å². The number of hydrogen-bond acceptors (Lipinski definition) is 5. The summed E-state index contributed by atoms with van der Waals surface area (Å²) in [6.07, 6.45) is 0. The van der Waals surface area contributed by atoms with Crippen LogP contribution in [0.4, 0.5) is 5.69 Å². The van der Waals surface area contributed by atoms with Crippen LogP contribution >= 0.6 is 0 Å². The van der Waals surface area contributed by atoms with E-state index in [1.807, 2.05) is 25.9 Å². The van der Waals surface area contributed by atoms with E-state index in [1.54, 1.807) is 43.3 Å². The molecule has 0 radical (unpaired) electrons. The number of nitrogens with zero attached hydrogens (tertiary/aromatic N) is 3. The monoisotopic (exact) mass is 416 g/mol. The molecule has 0 aromatic heterocycles. The van der Waals surface area contributed by atoms with E-state index < -0.39 is 27.7 Å². The van der Waals surface area contributed by atoms with Crippen molar-refractivity contribution in [3.05, 3.63) is 65.2 Å². The number of esters is 1. The van der Waals surface area contributed by atoms with Gasteiger partial charge in [0.1, 0.15) is 0 Å². The Morgan fingerprint density at radius 3 is 2.21 bits per heavy atom. The number of carbonyl (C=O) groups is 1. The maximum atomic E-state index is 12.9. The fourth-order valence-electron chi connectivity index (χ4n) is 2.61. The van der Waals surface area contributed by atoms with E-state index in [2.05, 4.69) is 9.51 Å². The van der Waals surface area contributed by atoms with Crippen LogP contribution in [0.25, 0.3) is 5.53 Å². The number of aryl methyl sites for hydroxylation is 1. The highest BCUT2D eigenvalue weighted by Crippen LogP contribution is 2.22. The average Bonchev–Trinajstić information content (AvgIpc) is 2.68. The molecule has 0 aliphatic rings. The van der Waals surface area contributed by atoms with Crippen molar-refractivity contribution >= 4 is 27.4 Å². The Hall–Kier alpha value is -3.00. The van der Waals surface area contributed by atoms with Gasteiger partial charge in [-0.2, -0.15) is 9.51 Å². The van der Waals surface area contributed by atoms with Crippen molar-refractivity contribution in [3.63, 3.8) is 0 Å². The average molecular weight is 417 g/mol. The molecule has 1 atom stereocenters. The van der Waals surface area contributed by atoms with Gasteiger partial charge in [0, 0.05) is 19.8 Å². The zero-order valence-corrected chi connectivity index (χ0v) is 17.6. The van der Waals surface area contributed by atoms with Gasteiger partial charge in [0.15, 0.2) is 6.04 Å². The van der Waals surface area contributed by atoms with E-state index in [0.717, 1.165) is 11.3 Å². The highest BCUT2D eigenvalue weighted by molar-refractivity contribution is 7.89. The number of sulfonamides is 1. The quantitative estimate of drug-likeness (QED) is 0.307. The predicted octanol–water partition coefficient (Wildman–Crippen LogP) is 2.31. The molecule has 0 saturated carbocycles. The third-order valence-electron chi connectivity index (χ3n) is 4.21. The molecule has 0 fully saturated rings. The van der Waals surface area contributed by atoms with Crippen LogP contribution in [0.15, 0.2) is 53.4 Å².